The van der Waals surface area contributed by atoms with Crippen LogP contribution >= 0.6 is 0 Å². The van der Waals surface area contributed by atoms with Gasteiger partial charge in [-0.2, -0.15) is 10.3 Å². The summed E-state index contributed by atoms with van der Waals surface area (Å²) in [6.07, 6.45) is 0. The first-order valence-electron chi connectivity index (χ1n) is 6.22. The van der Waals surface area contributed by atoms with E-state index in [0.717, 1.165) is 0 Å². The van der Waals surface area contributed by atoms with Crippen molar-refractivity contribution in [1.29, 1.82) is 0 Å². The molecule has 1 aromatic heterocycles. The number of para-hydroxylation sites is 1. The van der Waals surface area contributed by atoms with Crippen LogP contribution in [0.2, 0.25) is 0 Å². The number of benzene rings is 1. The number of rotatable bonds is 5. The summed E-state index contributed by atoms with van der Waals surface area (Å²) < 4.78 is 10.2. The zero-order valence-corrected chi connectivity index (χ0v) is 11.2. The number of H-pyrrole nitrogens is 1. The molecule has 2 aromatic rings. The molecule has 0 saturated heterocycles. The monoisotopic (exact) mass is 277 g/mol. The molecule has 106 valence electrons. The fourth-order valence-electron chi connectivity index (χ4n) is 1.75. The number of aromatic amines is 1. The average Bonchev–Trinajstić information content (AvgIpc) is 2.91. The number of phenols is 1. The topological polar surface area (TPSA) is 97.3 Å². The van der Waals surface area contributed by atoms with Crippen molar-refractivity contribution >= 4 is 5.97 Å². The number of nitrogens with one attached hydrogen (secondary N) is 1. The number of carbonyl (C=O) groups excluding carboxylic acids is 1. The van der Waals surface area contributed by atoms with E-state index in [9.17, 15) is 9.90 Å². The molecule has 7 heteroatoms. The third-order valence-corrected chi connectivity index (χ3v) is 2.57. The van der Waals surface area contributed by atoms with E-state index in [1.165, 1.54) is 0 Å². The molecule has 0 aliphatic carbocycles. The third kappa shape index (κ3) is 2.56. The van der Waals surface area contributed by atoms with Gasteiger partial charge in [0.2, 0.25) is 0 Å². The fourth-order valence-corrected chi connectivity index (χ4v) is 1.75. The first kappa shape index (κ1) is 13.9. The Bertz CT molecular complexity index is 609. The lowest BCUT2D eigenvalue weighted by atomic mass is 10.1. The summed E-state index contributed by atoms with van der Waals surface area (Å²) >= 11 is 0. The number of phenolic OH excluding ortho intramolecular Hbond substituents is 1. The summed E-state index contributed by atoms with van der Waals surface area (Å²) in [5.41, 5.74) is 0.603. The number of hydrogen-bond acceptors (Lipinski definition) is 6. The molecule has 20 heavy (non-hydrogen) atoms. The minimum Gasteiger partial charge on any atom is -0.504 e. The minimum atomic E-state index is -0.600. The number of aromatic nitrogens is 3. The van der Waals surface area contributed by atoms with Crippen LogP contribution in [0.5, 0.6) is 11.5 Å². The van der Waals surface area contributed by atoms with Crippen LogP contribution in [0.1, 0.15) is 24.3 Å². The second-order valence-electron chi connectivity index (χ2n) is 3.83. The van der Waals surface area contributed by atoms with Gasteiger partial charge in [0.05, 0.1) is 18.8 Å². The van der Waals surface area contributed by atoms with Gasteiger partial charge in [-0.1, -0.05) is 6.07 Å². The molecule has 0 radical (unpaired) electrons. The maximum atomic E-state index is 11.8. The van der Waals surface area contributed by atoms with Crippen LogP contribution in [-0.2, 0) is 4.74 Å². The standard InChI is InChI=1S/C13H15N3O4/c1-3-19-9-7-5-6-8(12(9)17)10-11(15-16-14-10)13(18)20-4-2/h5-7,17H,3-4H2,1-2H3,(H,14,15,16). The molecule has 0 aliphatic heterocycles. The van der Waals surface area contributed by atoms with E-state index >= 15 is 0 Å². The van der Waals surface area contributed by atoms with Crippen LogP contribution in [0.25, 0.3) is 11.3 Å². The number of nitrogens with zero attached hydrogens (tertiary/aromatic N) is 2. The molecule has 2 rings (SSSR count). The predicted molar refractivity (Wildman–Crippen MR) is 70.6 cm³/mol. The first-order chi connectivity index (χ1) is 9.69. The van der Waals surface area contributed by atoms with Crippen molar-refractivity contribution in [1.82, 2.24) is 15.4 Å². The molecule has 1 heterocycles. The largest absolute Gasteiger partial charge is 0.504 e. The Morgan fingerprint density at radius 2 is 2.10 bits per heavy atom. The SMILES string of the molecule is CCOC(=O)c1n[nH]nc1-c1cccc(OCC)c1O. The Labute approximate surface area is 115 Å². The van der Waals surface area contributed by atoms with E-state index in [4.69, 9.17) is 9.47 Å². The lowest BCUT2D eigenvalue weighted by Crippen LogP contribution is -2.07. The lowest BCUT2D eigenvalue weighted by molar-refractivity contribution is 0.0520. The van der Waals surface area contributed by atoms with Gasteiger partial charge in [-0.3, -0.25) is 0 Å². The highest BCUT2D eigenvalue weighted by molar-refractivity contribution is 5.95. The number of aromatic hydroxyl groups is 1. The van der Waals surface area contributed by atoms with E-state index in [2.05, 4.69) is 15.4 Å². The molecule has 2 N–H and O–H groups in total. The molecule has 0 amide bonds. The van der Waals surface area contributed by atoms with Crippen molar-refractivity contribution in [2.75, 3.05) is 13.2 Å². The zero-order chi connectivity index (χ0) is 14.5. The lowest BCUT2D eigenvalue weighted by Gasteiger charge is -2.09. The molecular formula is C13H15N3O4. The number of hydrogen-bond donors (Lipinski definition) is 2. The van der Waals surface area contributed by atoms with Gasteiger partial charge >= 0.3 is 5.97 Å². The van der Waals surface area contributed by atoms with Crippen LogP contribution in [0.3, 0.4) is 0 Å². The molecule has 1 aromatic carbocycles. The summed E-state index contributed by atoms with van der Waals surface area (Å²) in [6, 6.07) is 4.95. The highest BCUT2D eigenvalue weighted by atomic mass is 16.5. The van der Waals surface area contributed by atoms with Crippen molar-refractivity contribution < 1.29 is 19.4 Å². The van der Waals surface area contributed by atoms with Crippen LogP contribution in [0, 0.1) is 0 Å². The average molecular weight is 277 g/mol. The van der Waals surface area contributed by atoms with Crippen molar-refractivity contribution in [2.45, 2.75) is 13.8 Å². The molecule has 0 aliphatic rings. The maximum Gasteiger partial charge on any atom is 0.361 e. The normalized spacial score (nSPS) is 10.3. The molecular weight excluding hydrogens is 262 g/mol. The fraction of sp³-hybridized carbons (Fsp3) is 0.308. The first-order valence-corrected chi connectivity index (χ1v) is 6.22. The van der Waals surface area contributed by atoms with Crippen LogP contribution in [0.15, 0.2) is 18.2 Å². The van der Waals surface area contributed by atoms with Gasteiger partial charge in [-0.15, -0.1) is 5.10 Å². The van der Waals surface area contributed by atoms with Gasteiger partial charge in [0.15, 0.2) is 17.2 Å². The van der Waals surface area contributed by atoms with Gasteiger partial charge in [0.25, 0.3) is 0 Å². The van der Waals surface area contributed by atoms with Gasteiger partial charge in [0.1, 0.15) is 5.69 Å². The molecule has 0 saturated carbocycles. The minimum absolute atomic E-state index is 0.0239. The van der Waals surface area contributed by atoms with E-state index in [0.29, 0.717) is 17.9 Å². The van der Waals surface area contributed by atoms with Crippen LogP contribution in [-0.4, -0.2) is 39.7 Å². The summed E-state index contributed by atoms with van der Waals surface area (Å²) in [5, 5.41) is 20.2. The maximum absolute atomic E-state index is 11.8. The predicted octanol–water partition coefficient (Wildman–Crippen LogP) is 1.75. The van der Waals surface area contributed by atoms with E-state index < -0.39 is 5.97 Å². The van der Waals surface area contributed by atoms with Crippen LogP contribution < -0.4 is 4.74 Å². The Balaban J connectivity index is 2.45. The second kappa shape index (κ2) is 6.05. The number of esters is 1. The molecule has 0 bridgehead atoms. The smallest absolute Gasteiger partial charge is 0.361 e. The van der Waals surface area contributed by atoms with Gasteiger partial charge < -0.3 is 14.6 Å². The molecule has 0 fully saturated rings. The Hall–Kier alpha value is -2.57. The van der Waals surface area contributed by atoms with Gasteiger partial charge in [0, 0.05) is 0 Å². The summed E-state index contributed by atoms with van der Waals surface area (Å²) in [4.78, 5) is 11.8. The highest BCUT2D eigenvalue weighted by Gasteiger charge is 2.22. The summed E-state index contributed by atoms with van der Waals surface area (Å²) in [7, 11) is 0. The van der Waals surface area contributed by atoms with E-state index in [1.54, 1.807) is 25.1 Å². The quantitative estimate of drug-likeness (QED) is 0.808. The Morgan fingerprint density at radius 3 is 2.80 bits per heavy atom. The zero-order valence-electron chi connectivity index (χ0n) is 11.2. The van der Waals surface area contributed by atoms with Crippen molar-refractivity contribution in [3.63, 3.8) is 0 Å². The number of carbonyl (C=O) groups is 1. The van der Waals surface area contributed by atoms with Crippen molar-refractivity contribution in [3.8, 4) is 22.8 Å². The number of ether oxygens (including phenoxy) is 2. The van der Waals surface area contributed by atoms with Crippen molar-refractivity contribution in [3.05, 3.63) is 23.9 Å². The Kier molecular flexibility index (Phi) is 4.19. The Morgan fingerprint density at radius 1 is 1.30 bits per heavy atom. The third-order valence-electron chi connectivity index (χ3n) is 2.57. The van der Waals surface area contributed by atoms with E-state index in [1.807, 2.05) is 6.92 Å². The molecule has 0 atom stereocenters. The molecule has 0 spiro atoms. The highest BCUT2D eigenvalue weighted by Crippen LogP contribution is 2.37. The van der Waals surface area contributed by atoms with Gasteiger partial charge in [-0.05, 0) is 26.0 Å². The summed E-state index contributed by atoms with van der Waals surface area (Å²) in [6.45, 7) is 4.16. The molecule has 7 nitrogen and oxygen atoms in total. The van der Waals surface area contributed by atoms with E-state index in [-0.39, 0.29) is 23.7 Å². The van der Waals surface area contributed by atoms with Crippen LogP contribution in [0.4, 0.5) is 0 Å². The molecule has 0 unspecified atom stereocenters. The van der Waals surface area contributed by atoms with Gasteiger partial charge in [-0.25, -0.2) is 4.79 Å². The summed E-state index contributed by atoms with van der Waals surface area (Å²) in [5.74, 6) is -0.367. The second-order valence-corrected chi connectivity index (χ2v) is 3.83. The van der Waals surface area contributed by atoms with Crippen molar-refractivity contribution in [2.24, 2.45) is 0 Å².